The Kier molecular flexibility index (Phi) is 4.43. The molecule has 0 radical (unpaired) electrons. The molecular formula is C22H26FN5. The van der Waals surface area contributed by atoms with E-state index in [-0.39, 0.29) is 5.82 Å². The Labute approximate surface area is 165 Å². The molecule has 6 heteroatoms. The molecule has 1 atom stereocenters. The molecule has 2 fully saturated rings. The second kappa shape index (κ2) is 6.97. The molecule has 146 valence electrons. The second-order valence-electron chi connectivity index (χ2n) is 8.75. The van der Waals surface area contributed by atoms with Crippen LogP contribution in [-0.2, 0) is 19.5 Å². The van der Waals surface area contributed by atoms with Crippen molar-refractivity contribution in [2.75, 3.05) is 13.1 Å². The number of benzene rings is 1. The third-order valence-corrected chi connectivity index (χ3v) is 7.07. The Morgan fingerprint density at radius 3 is 2.79 bits per heavy atom. The zero-order chi connectivity index (χ0) is 19.1. The standard InChI is InChI=1S/C22H26FN5/c23-19-12-16(14-24)5-6-17(19)15-27-10-7-22(8-11-27)13-18(22)21-26-25-20-4-2-1-3-9-28(20)21/h5-6,12,18H,1-4,7-11,13,15H2. The largest absolute Gasteiger partial charge is 0.315 e. The van der Waals surface area contributed by atoms with Gasteiger partial charge >= 0.3 is 0 Å². The predicted molar refractivity (Wildman–Crippen MR) is 103 cm³/mol. The number of nitrogens with zero attached hydrogens (tertiary/aromatic N) is 5. The smallest absolute Gasteiger partial charge is 0.136 e. The number of aromatic nitrogens is 3. The maximum atomic E-state index is 14.2. The zero-order valence-electron chi connectivity index (χ0n) is 16.2. The number of likely N-dealkylation sites (tertiary alicyclic amines) is 1. The first kappa shape index (κ1) is 17.8. The number of hydrogen-bond acceptors (Lipinski definition) is 4. The van der Waals surface area contributed by atoms with E-state index in [2.05, 4.69) is 19.7 Å². The van der Waals surface area contributed by atoms with E-state index in [1.165, 1.54) is 43.4 Å². The van der Waals surface area contributed by atoms with Crippen molar-refractivity contribution < 1.29 is 4.39 Å². The summed E-state index contributed by atoms with van der Waals surface area (Å²) < 4.78 is 16.6. The van der Waals surface area contributed by atoms with E-state index in [1.54, 1.807) is 12.1 Å². The molecule has 0 amide bonds. The van der Waals surface area contributed by atoms with E-state index < -0.39 is 0 Å². The van der Waals surface area contributed by atoms with E-state index in [0.29, 0.717) is 29.0 Å². The maximum Gasteiger partial charge on any atom is 0.136 e. The molecular weight excluding hydrogens is 353 g/mol. The number of piperidine rings is 1. The fraction of sp³-hybridized carbons (Fsp3) is 0.591. The lowest BCUT2D eigenvalue weighted by Crippen LogP contribution is -2.35. The molecule has 0 N–H and O–H groups in total. The number of aryl methyl sites for hydroxylation is 1. The maximum absolute atomic E-state index is 14.2. The van der Waals surface area contributed by atoms with Crippen LogP contribution in [0.1, 0.15) is 67.2 Å². The van der Waals surface area contributed by atoms with Crippen molar-refractivity contribution in [3.8, 4) is 6.07 Å². The Bertz CT molecular complexity index is 919. The summed E-state index contributed by atoms with van der Waals surface area (Å²) in [5.41, 5.74) is 1.45. The van der Waals surface area contributed by atoms with Gasteiger partial charge in [-0.25, -0.2) is 4.39 Å². The fourth-order valence-corrected chi connectivity index (χ4v) is 5.17. The molecule has 1 aromatic carbocycles. The summed E-state index contributed by atoms with van der Waals surface area (Å²) in [6, 6.07) is 6.80. The lowest BCUT2D eigenvalue weighted by Gasteiger charge is -2.33. The molecule has 2 aromatic rings. The summed E-state index contributed by atoms with van der Waals surface area (Å²) in [6.45, 7) is 3.70. The average Bonchev–Trinajstić information content (AvgIpc) is 3.35. The molecule has 1 saturated carbocycles. The molecule has 1 saturated heterocycles. The minimum absolute atomic E-state index is 0.269. The van der Waals surface area contributed by atoms with Crippen molar-refractivity contribution in [1.29, 1.82) is 5.26 Å². The number of rotatable bonds is 3. The molecule has 5 nitrogen and oxygen atoms in total. The normalized spacial score (nSPS) is 23.8. The van der Waals surface area contributed by atoms with Crippen LogP contribution in [0.3, 0.4) is 0 Å². The highest BCUT2D eigenvalue weighted by Gasteiger charge is 2.57. The van der Waals surface area contributed by atoms with Gasteiger partial charge in [0.25, 0.3) is 0 Å². The van der Waals surface area contributed by atoms with Crippen LogP contribution in [0.4, 0.5) is 4.39 Å². The van der Waals surface area contributed by atoms with Crippen molar-refractivity contribution in [2.24, 2.45) is 5.41 Å². The molecule has 1 aliphatic carbocycles. The van der Waals surface area contributed by atoms with E-state index in [0.717, 1.165) is 38.9 Å². The Morgan fingerprint density at radius 2 is 2.00 bits per heavy atom. The van der Waals surface area contributed by atoms with Gasteiger partial charge in [-0.15, -0.1) is 10.2 Å². The predicted octanol–water partition coefficient (Wildman–Crippen LogP) is 3.78. The van der Waals surface area contributed by atoms with Crippen LogP contribution in [0.2, 0.25) is 0 Å². The third kappa shape index (κ3) is 3.12. The molecule has 28 heavy (non-hydrogen) atoms. The van der Waals surface area contributed by atoms with Crippen LogP contribution >= 0.6 is 0 Å². The molecule has 1 aromatic heterocycles. The van der Waals surface area contributed by atoms with Gasteiger partial charge in [-0.05, 0) is 62.7 Å². The molecule has 0 bridgehead atoms. The van der Waals surface area contributed by atoms with Crippen LogP contribution in [-0.4, -0.2) is 32.8 Å². The van der Waals surface area contributed by atoms with Gasteiger partial charge in [0.15, 0.2) is 0 Å². The molecule has 3 heterocycles. The number of nitriles is 1. The first-order chi connectivity index (χ1) is 13.7. The Balaban J connectivity index is 1.23. The van der Waals surface area contributed by atoms with Crippen LogP contribution in [0.25, 0.3) is 0 Å². The minimum Gasteiger partial charge on any atom is -0.315 e. The fourth-order valence-electron chi connectivity index (χ4n) is 5.17. The number of fused-ring (bicyclic) bond motifs is 1. The van der Waals surface area contributed by atoms with Gasteiger partial charge in [0.2, 0.25) is 0 Å². The summed E-state index contributed by atoms with van der Waals surface area (Å²) in [6.07, 6.45) is 8.35. The van der Waals surface area contributed by atoms with Crippen LogP contribution < -0.4 is 0 Å². The SMILES string of the molecule is N#Cc1ccc(CN2CCC3(CC2)CC3c2nnc3n2CCCCC3)c(F)c1. The molecule has 3 aliphatic rings. The van der Waals surface area contributed by atoms with E-state index in [1.807, 2.05) is 6.07 Å². The first-order valence-electron chi connectivity index (χ1n) is 10.5. The van der Waals surface area contributed by atoms with Crippen LogP contribution in [0.15, 0.2) is 18.2 Å². The molecule has 1 unspecified atom stereocenters. The summed E-state index contributed by atoms with van der Waals surface area (Å²) in [4.78, 5) is 2.34. The summed E-state index contributed by atoms with van der Waals surface area (Å²) in [5.74, 6) is 2.70. The monoisotopic (exact) mass is 379 g/mol. The van der Waals surface area contributed by atoms with Crippen molar-refractivity contribution in [3.63, 3.8) is 0 Å². The quantitative estimate of drug-likeness (QED) is 0.814. The first-order valence-corrected chi connectivity index (χ1v) is 10.5. The second-order valence-corrected chi connectivity index (χ2v) is 8.75. The Morgan fingerprint density at radius 1 is 1.14 bits per heavy atom. The third-order valence-electron chi connectivity index (χ3n) is 7.07. The van der Waals surface area contributed by atoms with E-state index >= 15 is 0 Å². The lowest BCUT2D eigenvalue weighted by atomic mass is 9.90. The highest BCUT2D eigenvalue weighted by atomic mass is 19.1. The van der Waals surface area contributed by atoms with E-state index in [9.17, 15) is 4.39 Å². The lowest BCUT2D eigenvalue weighted by molar-refractivity contribution is 0.160. The van der Waals surface area contributed by atoms with Gasteiger partial charge in [-0.1, -0.05) is 12.5 Å². The van der Waals surface area contributed by atoms with Crippen LogP contribution in [0.5, 0.6) is 0 Å². The van der Waals surface area contributed by atoms with Gasteiger partial charge in [-0.2, -0.15) is 5.26 Å². The average molecular weight is 379 g/mol. The van der Waals surface area contributed by atoms with Crippen molar-refractivity contribution in [1.82, 2.24) is 19.7 Å². The molecule has 5 rings (SSSR count). The Hall–Kier alpha value is -2.26. The summed E-state index contributed by atoms with van der Waals surface area (Å²) in [7, 11) is 0. The highest BCUT2D eigenvalue weighted by molar-refractivity contribution is 5.33. The van der Waals surface area contributed by atoms with Crippen molar-refractivity contribution >= 4 is 0 Å². The van der Waals surface area contributed by atoms with Crippen molar-refractivity contribution in [2.45, 2.75) is 64.0 Å². The van der Waals surface area contributed by atoms with Gasteiger partial charge < -0.3 is 4.57 Å². The van der Waals surface area contributed by atoms with Gasteiger partial charge in [-0.3, -0.25) is 4.90 Å². The molecule has 1 spiro atoms. The van der Waals surface area contributed by atoms with Crippen molar-refractivity contribution in [3.05, 3.63) is 46.8 Å². The minimum atomic E-state index is -0.269. The van der Waals surface area contributed by atoms with Gasteiger partial charge in [0.05, 0.1) is 11.6 Å². The van der Waals surface area contributed by atoms with Gasteiger partial charge in [0, 0.05) is 31.0 Å². The zero-order valence-corrected chi connectivity index (χ0v) is 16.2. The number of halogens is 1. The number of hydrogen-bond donors (Lipinski definition) is 0. The van der Waals surface area contributed by atoms with Gasteiger partial charge in [0.1, 0.15) is 17.5 Å². The van der Waals surface area contributed by atoms with E-state index in [4.69, 9.17) is 5.26 Å². The highest BCUT2D eigenvalue weighted by Crippen LogP contribution is 2.64. The summed E-state index contributed by atoms with van der Waals surface area (Å²) in [5, 5.41) is 18.0. The summed E-state index contributed by atoms with van der Waals surface area (Å²) >= 11 is 0. The van der Waals surface area contributed by atoms with Crippen LogP contribution in [0, 0.1) is 22.6 Å². The molecule has 2 aliphatic heterocycles. The topological polar surface area (TPSA) is 57.7 Å².